The number of likely N-dealkylation sites (tertiary alicyclic amines) is 1. The first kappa shape index (κ1) is 23.1. The smallest absolute Gasteiger partial charge is 0.191 e. The van der Waals surface area contributed by atoms with Crippen molar-refractivity contribution >= 4 is 5.96 Å². The summed E-state index contributed by atoms with van der Waals surface area (Å²) in [6.07, 6.45) is 5.08. The normalized spacial score (nSPS) is 26.0. The molecule has 2 fully saturated rings. The summed E-state index contributed by atoms with van der Waals surface area (Å²) in [4.78, 5) is 7.54. The number of piperidine rings is 1. The van der Waals surface area contributed by atoms with Crippen LogP contribution in [-0.4, -0.2) is 56.2 Å². The second-order valence-electron chi connectivity index (χ2n) is 9.30. The molecule has 3 unspecified atom stereocenters. The van der Waals surface area contributed by atoms with Gasteiger partial charge in [-0.15, -0.1) is 0 Å². The maximum atomic E-state index is 6.19. The van der Waals surface area contributed by atoms with Crippen molar-refractivity contribution in [3.63, 3.8) is 0 Å². The Balaban J connectivity index is 1.57. The van der Waals surface area contributed by atoms with E-state index in [1.165, 1.54) is 43.5 Å². The molecule has 2 aliphatic rings. The standard InChI is InChI=1S/C25H42N4O/c1-5-26-25(27-16-21-8-6-14-29(18-21)19(2)3)28-17-23-9-7-15-30-24(23)22-12-10-20(4)11-13-22/h10-13,19,21,23-24H,5-9,14-18H2,1-4H3,(H2,26,27,28). The van der Waals surface area contributed by atoms with Gasteiger partial charge in [0.15, 0.2) is 5.96 Å². The van der Waals surface area contributed by atoms with Crippen LogP contribution in [0, 0.1) is 18.8 Å². The number of benzene rings is 1. The van der Waals surface area contributed by atoms with Gasteiger partial charge in [0.05, 0.1) is 6.10 Å². The van der Waals surface area contributed by atoms with Crippen LogP contribution in [0.4, 0.5) is 0 Å². The Hall–Kier alpha value is -1.59. The second kappa shape index (κ2) is 11.7. The number of aryl methyl sites for hydroxylation is 1. The molecule has 2 heterocycles. The first-order valence-corrected chi connectivity index (χ1v) is 12.0. The molecular weight excluding hydrogens is 372 g/mol. The maximum absolute atomic E-state index is 6.19. The van der Waals surface area contributed by atoms with Crippen molar-refractivity contribution in [1.29, 1.82) is 0 Å². The average Bonchev–Trinajstić information content (AvgIpc) is 2.76. The number of rotatable bonds is 7. The van der Waals surface area contributed by atoms with Crippen molar-refractivity contribution in [2.24, 2.45) is 16.8 Å². The van der Waals surface area contributed by atoms with Gasteiger partial charge in [-0.3, -0.25) is 4.99 Å². The summed E-state index contributed by atoms with van der Waals surface area (Å²) in [7, 11) is 0. The number of hydrogen-bond donors (Lipinski definition) is 2. The van der Waals surface area contributed by atoms with E-state index in [1.807, 2.05) is 0 Å². The van der Waals surface area contributed by atoms with Gasteiger partial charge in [0.2, 0.25) is 0 Å². The fourth-order valence-corrected chi connectivity index (χ4v) is 4.68. The molecule has 5 heteroatoms. The van der Waals surface area contributed by atoms with Gasteiger partial charge in [-0.25, -0.2) is 0 Å². The quantitative estimate of drug-likeness (QED) is 0.520. The predicted octanol–water partition coefficient (Wildman–Crippen LogP) is 4.14. The Bertz CT molecular complexity index is 658. The molecule has 0 bridgehead atoms. The molecule has 168 valence electrons. The molecule has 1 aromatic rings. The van der Waals surface area contributed by atoms with Gasteiger partial charge in [0.25, 0.3) is 0 Å². The summed E-state index contributed by atoms with van der Waals surface area (Å²) in [6, 6.07) is 9.46. The Morgan fingerprint density at radius 1 is 1.17 bits per heavy atom. The molecular formula is C25H42N4O. The summed E-state index contributed by atoms with van der Waals surface area (Å²) in [5, 5.41) is 7.06. The van der Waals surface area contributed by atoms with E-state index in [2.05, 4.69) is 67.5 Å². The Kier molecular flexibility index (Phi) is 9.01. The number of nitrogens with one attached hydrogen (secondary N) is 2. The lowest BCUT2D eigenvalue weighted by Crippen LogP contribution is -2.43. The number of nitrogens with zero attached hydrogens (tertiary/aromatic N) is 2. The van der Waals surface area contributed by atoms with E-state index in [1.54, 1.807) is 0 Å². The van der Waals surface area contributed by atoms with Crippen LogP contribution in [0.2, 0.25) is 0 Å². The molecule has 2 N–H and O–H groups in total. The average molecular weight is 415 g/mol. The van der Waals surface area contributed by atoms with Crippen LogP contribution in [0.3, 0.4) is 0 Å². The van der Waals surface area contributed by atoms with Gasteiger partial charge in [0, 0.05) is 44.7 Å². The summed E-state index contributed by atoms with van der Waals surface area (Å²) in [5.41, 5.74) is 2.59. The van der Waals surface area contributed by atoms with Gasteiger partial charge < -0.3 is 20.3 Å². The van der Waals surface area contributed by atoms with Crippen LogP contribution in [-0.2, 0) is 4.74 Å². The van der Waals surface area contributed by atoms with Crippen molar-refractivity contribution in [2.45, 2.75) is 65.5 Å². The zero-order valence-corrected chi connectivity index (χ0v) is 19.5. The van der Waals surface area contributed by atoms with Crippen molar-refractivity contribution in [3.05, 3.63) is 35.4 Å². The molecule has 3 atom stereocenters. The SMILES string of the molecule is CCNC(=NCC1CCCN(C(C)C)C1)NCC1CCCOC1c1ccc(C)cc1. The van der Waals surface area contributed by atoms with Crippen LogP contribution in [0.15, 0.2) is 29.3 Å². The van der Waals surface area contributed by atoms with Crippen molar-refractivity contribution < 1.29 is 4.74 Å². The highest BCUT2D eigenvalue weighted by Crippen LogP contribution is 2.33. The van der Waals surface area contributed by atoms with E-state index in [0.717, 1.165) is 38.6 Å². The van der Waals surface area contributed by atoms with E-state index < -0.39 is 0 Å². The van der Waals surface area contributed by atoms with Crippen LogP contribution in [0.25, 0.3) is 0 Å². The molecule has 2 saturated heterocycles. The third-order valence-electron chi connectivity index (χ3n) is 6.51. The molecule has 1 aromatic carbocycles. The molecule has 30 heavy (non-hydrogen) atoms. The first-order valence-electron chi connectivity index (χ1n) is 12.0. The van der Waals surface area contributed by atoms with E-state index >= 15 is 0 Å². The van der Waals surface area contributed by atoms with E-state index in [4.69, 9.17) is 9.73 Å². The molecule has 5 nitrogen and oxygen atoms in total. The van der Waals surface area contributed by atoms with E-state index in [-0.39, 0.29) is 6.10 Å². The maximum Gasteiger partial charge on any atom is 0.191 e. The van der Waals surface area contributed by atoms with Crippen LogP contribution in [0.5, 0.6) is 0 Å². The molecule has 3 rings (SSSR count). The third-order valence-corrected chi connectivity index (χ3v) is 6.51. The lowest BCUT2D eigenvalue weighted by molar-refractivity contribution is -0.0265. The second-order valence-corrected chi connectivity index (χ2v) is 9.30. The third kappa shape index (κ3) is 6.71. The molecule has 0 aromatic heterocycles. The molecule has 0 radical (unpaired) electrons. The van der Waals surface area contributed by atoms with Crippen LogP contribution in [0.1, 0.15) is 63.7 Å². The predicted molar refractivity (Wildman–Crippen MR) is 126 cm³/mol. The van der Waals surface area contributed by atoms with Gasteiger partial charge >= 0.3 is 0 Å². The first-order chi connectivity index (χ1) is 14.6. The van der Waals surface area contributed by atoms with Crippen molar-refractivity contribution in [3.8, 4) is 0 Å². The highest BCUT2D eigenvalue weighted by atomic mass is 16.5. The fraction of sp³-hybridized carbons (Fsp3) is 0.720. The lowest BCUT2D eigenvalue weighted by atomic mass is 9.89. The fourth-order valence-electron chi connectivity index (χ4n) is 4.68. The number of hydrogen-bond acceptors (Lipinski definition) is 3. The van der Waals surface area contributed by atoms with E-state index in [0.29, 0.717) is 17.9 Å². The topological polar surface area (TPSA) is 48.9 Å². The molecule has 0 aliphatic carbocycles. The van der Waals surface area contributed by atoms with Gasteiger partial charge in [-0.05, 0) is 71.4 Å². The summed E-state index contributed by atoms with van der Waals surface area (Å²) < 4.78 is 6.19. The number of guanidine groups is 1. The van der Waals surface area contributed by atoms with Gasteiger partial charge in [-0.1, -0.05) is 29.8 Å². The molecule has 0 saturated carbocycles. The Labute approximate surface area is 183 Å². The van der Waals surface area contributed by atoms with Gasteiger partial charge in [0.1, 0.15) is 0 Å². The molecule has 0 amide bonds. The zero-order chi connectivity index (χ0) is 21.3. The minimum atomic E-state index is 0.174. The van der Waals surface area contributed by atoms with Crippen LogP contribution < -0.4 is 10.6 Å². The van der Waals surface area contributed by atoms with Gasteiger partial charge in [-0.2, -0.15) is 0 Å². The van der Waals surface area contributed by atoms with Crippen molar-refractivity contribution in [1.82, 2.24) is 15.5 Å². The monoisotopic (exact) mass is 414 g/mol. The highest BCUT2D eigenvalue weighted by Gasteiger charge is 2.27. The van der Waals surface area contributed by atoms with E-state index in [9.17, 15) is 0 Å². The summed E-state index contributed by atoms with van der Waals surface area (Å²) in [5.74, 6) is 2.08. The van der Waals surface area contributed by atoms with Crippen LogP contribution >= 0.6 is 0 Å². The molecule has 2 aliphatic heterocycles. The Morgan fingerprint density at radius 2 is 1.97 bits per heavy atom. The number of ether oxygens (including phenoxy) is 1. The Morgan fingerprint density at radius 3 is 2.70 bits per heavy atom. The largest absolute Gasteiger partial charge is 0.373 e. The minimum Gasteiger partial charge on any atom is -0.373 e. The molecule has 0 spiro atoms. The minimum absolute atomic E-state index is 0.174. The highest BCUT2D eigenvalue weighted by molar-refractivity contribution is 5.79. The summed E-state index contributed by atoms with van der Waals surface area (Å²) >= 11 is 0. The summed E-state index contributed by atoms with van der Waals surface area (Å²) in [6.45, 7) is 14.8. The number of aliphatic imine (C=N–C) groups is 1. The van der Waals surface area contributed by atoms with Crippen molar-refractivity contribution in [2.75, 3.05) is 39.3 Å². The lowest BCUT2D eigenvalue weighted by Gasteiger charge is -2.35. The zero-order valence-electron chi connectivity index (χ0n) is 19.5.